The van der Waals surface area contributed by atoms with E-state index in [1.807, 2.05) is 51.1 Å². The Kier molecular flexibility index (Phi) is 7.45. The number of fused-ring (bicyclic) bond motifs is 1. The van der Waals surface area contributed by atoms with E-state index in [0.717, 1.165) is 34.4 Å². The van der Waals surface area contributed by atoms with Gasteiger partial charge in [-0.25, -0.2) is 9.78 Å². The van der Waals surface area contributed by atoms with Crippen LogP contribution in [0.1, 0.15) is 36.2 Å². The average molecular weight is 496 g/mol. The van der Waals surface area contributed by atoms with E-state index in [2.05, 4.69) is 0 Å². The lowest BCUT2D eigenvalue weighted by molar-refractivity contribution is 0.0412. The highest BCUT2D eigenvalue weighted by molar-refractivity contribution is 6.36. The molecule has 0 aliphatic carbocycles. The minimum Gasteiger partial charge on any atom is -0.497 e. The Labute approximate surface area is 210 Å². The Morgan fingerprint density at radius 3 is 2.54 bits per heavy atom. The van der Waals surface area contributed by atoms with Gasteiger partial charge >= 0.3 is 6.09 Å². The fourth-order valence-corrected chi connectivity index (χ4v) is 4.60. The van der Waals surface area contributed by atoms with E-state index in [-0.39, 0.29) is 18.0 Å². The van der Waals surface area contributed by atoms with Gasteiger partial charge in [0.15, 0.2) is 0 Å². The van der Waals surface area contributed by atoms with E-state index in [1.165, 1.54) is 0 Å². The first kappa shape index (κ1) is 24.8. The molecule has 1 aromatic heterocycles. The molecule has 2 aromatic carbocycles. The van der Waals surface area contributed by atoms with Crippen molar-refractivity contribution in [2.75, 3.05) is 33.4 Å². The molecule has 1 atom stereocenters. The molecule has 1 saturated heterocycles. The Bertz CT molecular complexity index is 1250. The number of halogens is 1. The molecule has 2 heterocycles. The SMILES string of the molecule is CCCOC(=O)N1CCN(C(=O)c2ccc3c(Cl)c(C)c(-c4ccc(OC)cc4)nc3c2)C[C@H]1C. The summed E-state index contributed by atoms with van der Waals surface area (Å²) in [5.74, 6) is 0.670. The van der Waals surface area contributed by atoms with E-state index in [4.69, 9.17) is 26.1 Å². The molecule has 0 N–H and O–H groups in total. The topological polar surface area (TPSA) is 72.0 Å². The highest BCUT2D eigenvalue weighted by Gasteiger charge is 2.31. The van der Waals surface area contributed by atoms with Gasteiger partial charge in [-0.3, -0.25) is 4.79 Å². The molecule has 4 rings (SSSR count). The molecule has 3 aromatic rings. The largest absolute Gasteiger partial charge is 0.497 e. The van der Waals surface area contributed by atoms with E-state index in [1.54, 1.807) is 29.0 Å². The third kappa shape index (κ3) is 5.05. The molecule has 1 aliphatic rings. The fourth-order valence-electron chi connectivity index (χ4n) is 4.35. The number of ether oxygens (including phenoxy) is 2. The first-order chi connectivity index (χ1) is 16.8. The molecule has 184 valence electrons. The normalized spacial score (nSPS) is 15.9. The lowest BCUT2D eigenvalue weighted by Crippen LogP contribution is -2.55. The molecule has 0 radical (unpaired) electrons. The minimum atomic E-state index is -0.322. The summed E-state index contributed by atoms with van der Waals surface area (Å²) < 4.78 is 10.5. The van der Waals surface area contributed by atoms with Crippen LogP contribution in [0.5, 0.6) is 5.75 Å². The number of aromatic nitrogens is 1. The highest BCUT2D eigenvalue weighted by atomic mass is 35.5. The lowest BCUT2D eigenvalue weighted by Gasteiger charge is -2.39. The number of rotatable bonds is 5. The van der Waals surface area contributed by atoms with Gasteiger partial charge in [0.2, 0.25) is 0 Å². The van der Waals surface area contributed by atoms with Gasteiger partial charge < -0.3 is 19.3 Å². The number of benzene rings is 2. The minimum absolute atomic E-state index is 0.0928. The van der Waals surface area contributed by atoms with Crippen molar-refractivity contribution >= 4 is 34.5 Å². The van der Waals surface area contributed by atoms with Crippen LogP contribution in [0.4, 0.5) is 4.79 Å². The van der Waals surface area contributed by atoms with Crippen LogP contribution in [-0.2, 0) is 4.74 Å². The van der Waals surface area contributed by atoms with Gasteiger partial charge in [-0.15, -0.1) is 0 Å². The van der Waals surface area contributed by atoms with Crippen molar-refractivity contribution < 1.29 is 19.1 Å². The number of amides is 2. The maximum absolute atomic E-state index is 13.3. The van der Waals surface area contributed by atoms with Crippen LogP contribution in [0.15, 0.2) is 42.5 Å². The number of piperazine rings is 1. The van der Waals surface area contributed by atoms with Crippen molar-refractivity contribution in [1.29, 1.82) is 0 Å². The summed E-state index contributed by atoms with van der Waals surface area (Å²) in [5.41, 5.74) is 3.77. The van der Waals surface area contributed by atoms with Gasteiger partial charge in [0.25, 0.3) is 5.91 Å². The Balaban J connectivity index is 1.58. The molecule has 35 heavy (non-hydrogen) atoms. The molecule has 7 nitrogen and oxygen atoms in total. The summed E-state index contributed by atoms with van der Waals surface area (Å²) in [5, 5.41) is 1.42. The third-order valence-corrected chi connectivity index (χ3v) is 6.83. The second-order valence-electron chi connectivity index (χ2n) is 8.77. The quantitative estimate of drug-likeness (QED) is 0.463. The van der Waals surface area contributed by atoms with Gasteiger partial charge in [-0.05, 0) is 62.2 Å². The summed E-state index contributed by atoms with van der Waals surface area (Å²) in [7, 11) is 1.63. The molecule has 1 aliphatic heterocycles. The zero-order chi connectivity index (χ0) is 25.1. The number of nitrogens with zero attached hydrogens (tertiary/aromatic N) is 3. The highest BCUT2D eigenvalue weighted by Crippen LogP contribution is 2.34. The second-order valence-corrected chi connectivity index (χ2v) is 9.15. The summed E-state index contributed by atoms with van der Waals surface area (Å²) in [4.78, 5) is 33.9. The van der Waals surface area contributed by atoms with Crippen LogP contribution in [-0.4, -0.2) is 66.2 Å². The predicted molar refractivity (Wildman–Crippen MR) is 137 cm³/mol. The first-order valence-electron chi connectivity index (χ1n) is 11.8. The van der Waals surface area contributed by atoms with Crippen LogP contribution < -0.4 is 4.74 Å². The smallest absolute Gasteiger partial charge is 0.410 e. The summed E-state index contributed by atoms with van der Waals surface area (Å²) in [6.45, 7) is 7.56. The summed E-state index contributed by atoms with van der Waals surface area (Å²) in [6.07, 6.45) is 0.454. The van der Waals surface area contributed by atoms with Crippen LogP contribution >= 0.6 is 11.6 Å². The van der Waals surface area contributed by atoms with Gasteiger partial charge in [-0.1, -0.05) is 24.6 Å². The zero-order valence-electron chi connectivity index (χ0n) is 20.5. The number of hydrogen-bond acceptors (Lipinski definition) is 5. The molecule has 0 spiro atoms. The molecule has 8 heteroatoms. The molecule has 1 fully saturated rings. The van der Waals surface area contributed by atoms with Gasteiger partial charge in [0.05, 0.1) is 29.9 Å². The van der Waals surface area contributed by atoms with Crippen molar-refractivity contribution in [3.63, 3.8) is 0 Å². The molecular formula is C27H30ClN3O4. The summed E-state index contributed by atoms with van der Waals surface area (Å²) >= 11 is 6.71. The van der Waals surface area contributed by atoms with Gasteiger partial charge in [0.1, 0.15) is 5.75 Å². The number of carbonyl (C=O) groups excluding carboxylic acids is 2. The monoisotopic (exact) mass is 495 g/mol. The first-order valence-corrected chi connectivity index (χ1v) is 12.2. The summed E-state index contributed by atoms with van der Waals surface area (Å²) in [6, 6.07) is 13.0. The van der Waals surface area contributed by atoms with Crippen molar-refractivity contribution in [3.05, 3.63) is 58.6 Å². The van der Waals surface area contributed by atoms with Crippen molar-refractivity contribution in [1.82, 2.24) is 14.8 Å². The van der Waals surface area contributed by atoms with Crippen molar-refractivity contribution in [2.45, 2.75) is 33.2 Å². The Morgan fingerprint density at radius 1 is 1.14 bits per heavy atom. The zero-order valence-corrected chi connectivity index (χ0v) is 21.3. The molecule has 0 bridgehead atoms. The van der Waals surface area contributed by atoms with Crippen LogP contribution in [0, 0.1) is 6.92 Å². The van der Waals surface area contributed by atoms with E-state index in [0.29, 0.717) is 42.3 Å². The standard InChI is InChI=1S/C27H30ClN3O4/c1-5-14-35-27(33)31-13-12-30(16-17(31)2)26(32)20-8-11-22-23(15-20)29-25(18(3)24(22)28)19-6-9-21(34-4)10-7-19/h6-11,15,17H,5,12-14,16H2,1-4H3/t17-/m1/s1. The maximum atomic E-state index is 13.3. The maximum Gasteiger partial charge on any atom is 0.410 e. The van der Waals surface area contributed by atoms with Gasteiger partial charge in [-0.2, -0.15) is 0 Å². The van der Waals surface area contributed by atoms with Crippen molar-refractivity contribution in [3.8, 4) is 17.0 Å². The lowest BCUT2D eigenvalue weighted by atomic mass is 10.0. The molecule has 0 unspecified atom stereocenters. The van der Waals surface area contributed by atoms with Crippen LogP contribution in [0.3, 0.4) is 0 Å². The van der Waals surface area contributed by atoms with E-state index >= 15 is 0 Å². The Morgan fingerprint density at radius 2 is 1.89 bits per heavy atom. The van der Waals surface area contributed by atoms with Crippen molar-refractivity contribution in [2.24, 2.45) is 0 Å². The molecule has 2 amide bonds. The number of pyridine rings is 1. The number of carbonyl (C=O) groups is 2. The van der Waals surface area contributed by atoms with Crippen LogP contribution in [0.25, 0.3) is 22.2 Å². The van der Waals surface area contributed by atoms with E-state index < -0.39 is 0 Å². The fraction of sp³-hybridized carbons (Fsp3) is 0.370. The Hall–Kier alpha value is -3.32. The molecule has 0 saturated carbocycles. The predicted octanol–water partition coefficient (Wildman–Crippen LogP) is 5.57. The third-order valence-electron chi connectivity index (χ3n) is 6.34. The second kappa shape index (κ2) is 10.5. The number of methoxy groups -OCH3 is 1. The van der Waals surface area contributed by atoms with E-state index in [9.17, 15) is 9.59 Å². The van der Waals surface area contributed by atoms with Gasteiger partial charge in [0, 0.05) is 42.2 Å². The molecular weight excluding hydrogens is 466 g/mol. The van der Waals surface area contributed by atoms with Crippen LogP contribution in [0.2, 0.25) is 5.02 Å². The number of hydrogen-bond donors (Lipinski definition) is 0. The average Bonchev–Trinajstić information content (AvgIpc) is 2.88.